The minimum absolute atomic E-state index is 0.0482. The molecule has 0 unspecified atom stereocenters. The van der Waals surface area contributed by atoms with E-state index >= 15 is 0 Å². The second kappa shape index (κ2) is 9.72. The highest BCUT2D eigenvalue weighted by atomic mass is 79.9. The van der Waals surface area contributed by atoms with Gasteiger partial charge in [-0.05, 0) is 37.3 Å². The van der Waals surface area contributed by atoms with Crippen molar-refractivity contribution in [2.45, 2.75) is 13.3 Å². The zero-order valence-electron chi connectivity index (χ0n) is 15.2. The van der Waals surface area contributed by atoms with Crippen molar-refractivity contribution in [1.29, 1.82) is 0 Å². The van der Waals surface area contributed by atoms with Gasteiger partial charge in [-0.25, -0.2) is 5.43 Å². The quantitative estimate of drug-likeness (QED) is 0.515. The predicted molar refractivity (Wildman–Crippen MR) is 108 cm³/mol. The standard InChI is InChI=1S/C19H20BrN3O4/c1-12(9-18(24)21-14-6-4-5-13(20)10-14)22-23-19(25)16-8-7-15(26-2)11-17(16)27-3/h4-8,10-11H,9H2,1-3H3,(H,21,24)(H,23,25). The lowest BCUT2D eigenvalue weighted by atomic mass is 10.2. The Morgan fingerprint density at radius 2 is 1.89 bits per heavy atom. The van der Waals surface area contributed by atoms with E-state index in [9.17, 15) is 9.59 Å². The number of amides is 2. The number of hydrogen-bond donors (Lipinski definition) is 2. The molecule has 7 nitrogen and oxygen atoms in total. The van der Waals surface area contributed by atoms with Gasteiger partial charge in [0, 0.05) is 21.9 Å². The Balaban J connectivity index is 1.96. The van der Waals surface area contributed by atoms with Crippen LogP contribution in [0.5, 0.6) is 11.5 Å². The van der Waals surface area contributed by atoms with Crippen LogP contribution >= 0.6 is 15.9 Å². The molecule has 0 aliphatic rings. The van der Waals surface area contributed by atoms with Gasteiger partial charge in [0.1, 0.15) is 11.5 Å². The van der Waals surface area contributed by atoms with Crippen LogP contribution in [0.15, 0.2) is 52.0 Å². The van der Waals surface area contributed by atoms with E-state index in [0.29, 0.717) is 28.5 Å². The molecule has 2 N–H and O–H groups in total. The summed E-state index contributed by atoms with van der Waals surface area (Å²) in [6.07, 6.45) is 0.0482. The Kier molecular flexibility index (Phi) is 7.36. The van der Waals surface area contributed by atoms with Crippen molar-refractivity contribution in [3.05, 3.63) is 52.5 Å². The second-order valence-corrected chi connectivity index (χ2v) is 6.51. The third kappa shape index (κ3) is 6.10. The molecule has 0 spiro atoms. The predicted octanol–water partition coefficient (Wildman–Crippen LogP) is 3.60. The molecule has 142 valence electrons. The Labute approximate surface area is 165 Å². The van der Waals surface area contributed by atoms with Crippen molar-refractivity contribution in [1.82, 2.24) is 5.43 Å². The number of benzene rings is 2. The van der Waals surface area contributed by atoms with Gasteiger partial charge in [0.15, 0.2) is 0 Å². The zero-order chi connectivity index (χ0) is 19.8. The number of hydrogen-bond acceptors (Lipinski definition) is 5. The third-order valence-electron chi connectivity index (χ3n) is 3.53. The molecule has 0 fully saturated rings. The number of nitrogens with zero attached hydrogens (tertiary/aromatic N) is 1. The fourth-order valence-corrected chi connectivity index (χ4v) is 2.64. The Morgan fingerprint density at radius 1 is 1.11 bits per heavy atom. The second-order valence-electron chi connectivity index (χ2n) is 5.59. The summed E-state index contributed by atoms with van der Waals surface area (Å²) in [5.74, 6) is 0.270. The molecule has 2 amide bonds. The van der Waals surface area contributed by atoms with Crippen molar-refractivity contribution < 1.29 is 19.1 Å². The molecule has 2 aromatic carbocycles. The smallest absolute Gasteiger partial charge is 0.275 e. The van der Waals surface area contributed by atoms with Crippen LogP contribution in [0.3, 0.4) is 0 Å². The number of ether oxygens (including phenoxy) is 2. The summed E-state index contributed by atoms with van der Waals surface area (Å²) in [7, 11) is 2.99. The fourth-order valence-electron chi connectivity index (χ4n) is 2.24. The molecule has 0 aliphatic carbocycles. The maximum atomic E-state index is 12.3. The molecule has 0 radical (unpaired) electrons. The van der Waals surface area contributed by atoms with E-state index in [1.54, 1.807) is 37.3 Å². The van der Waals surface area contributed by atoms with E-state index in [1.165, 1.54) is 14.2 Å². The third-order valence-corrected chi connectivity index (χ3v) is 4.02. The average molecular weight is 434 g/mol. The number of anilines is 1. The van der Waals surface area contributed by atoms with Crippen molar-refractivity contribution in [2.75, 3.05) is 19.5 Å². The highest BCUT2D eigenvalue weighted by Crippen LogP contribution is 2.24. The van der Waals surface area contributed by atoms with E-state index in [4.69, 9.17) is 9.47 Å². The summed E-state index contributed by atoms with van der Waals surface area (Å²) in [5.41, 5.74) is 3.88. The molecule has 27 heavy (non-hydrogen) atoms. The van der Waals surface area contributed by atoms with Crippen molar-refractivity contribution in [3.63, 3.8) is 0 Å². The largest absolute Gasteiger partial charge is 0.497 e. The van der Waals surface area contributed by atoms with E-state index in [-0.39, 0.29) is 12.3 Å². The van der Waals surface area contributed by atoms with Gasteiger partial charge < -0.3 is 14.8 Å². The summed E-state index contributed by atoms with van der Waals surface area (Å²) in [6.45, 7) is 1.66. The number of hydrazone groups is 1. The number of carbonyl (C=O) groups is 2. The highest BCUT2D eigenvalue weighted by Gasteiger charge is 2.13. The minimum atomic E-state index is -0.443. The van der Waals surface area contributed by atoms with Crippen LogP contribution in [0.2, 0.25) is 0 Å². The molecule has 0 atom stereocenters. The molecule has 0 aromatic heterocycles. The van der Waals surface area contributed by atoms with Crippen molar-refractivity contribution in [3.8, 4) is 11.5 Å². The van der Waals surface area contributed by atoms with Crippen LogP contribution < -0.4 is 20.2 Å². The van der Waals surface area contributed by atoms with Gasteiger partial charge in [0.25, 0.3) is 5.91 Å². The zero-order valence-corrected chi connectivity index (χ0v) is 16.8. The van der Waals surface area contributed by atoms with Gasteiger partial charge in [0.05, 0.1) is 26.2 Å². The van der Waals surface area contributed by atoms with E-state index in [2.05, 4.69) is 31.8 Å². The summed E-state index contributed by atoms with van der Waals surface area (Å²) < 4.78 is 11.2. The summed E-state index contributed by atoms with van der Waals surface area (Å²) in [4.78, 5) is 24.4. The lowest BCUT2D eigenvalue weighted by molar-refractivity contribution is -0.115. The topological polar surface area (TPSA) is 89.0 Å². The van der Waals surface area contributed by atoms with Crippen molar-refractivity contribution >= 4 is 39.1 Å². The molecule has 0 bridgehead atoms. The monoisotopic (exact) mass is 433 g/mol. The van der Waals surface area contributed by atoms with Crippen LogP contribution in [0.4, 0.5) is 5.69 Å². The fraction of sp³-hybridized carbons (Fsp3) is 0.211. The molecular weight excluding hydrogens is 414 g/mol. The first kappa shape index (κ1) is 20.4. The van der Waals surface area contributed by atoms with Crippen LogP contribution in [-0.4, -0.2) is 31.7 Å². The molecule has 2 aromatic rings. The maximum Gasteiger partial charge on any atom is 0.275 e. The summed E-state index contributed by atoms with van der Waals surface area (Å²) in [6, 6.07) is 12.1. The van der Waals surface area contributed by atoms with Gasteiger partial charge >= 0.3 is 0 Å². The minimum Gasteiger partial charge on any atom is -0.497 e. The van der Waals surface area contributed by atoms with Gasteiger partial charge in [-0.15, -0.1) is 0 Å². The van der Waals surface area contributed by atoms with Gasteiger partial charge in [-0.1, -0.05) is 22.0 Å². The molecule has 2 rings (SSSR count). The summed E-state index contributed by atoms with van der Waals surface area (Å²) in [5, 5.41) is 6.75. The van der Waals surface area contributed by atoms with Gasteiger partial charge in [-0.2, -0.15) is 5.10 Å². The Bertz CT molecular complexity index is 868. The first-order chi connectivity index (χ1) is 12.9. The molecule has 8 heteroatoms. The number of rotatable bonds is 7. The summed E-state index contributed by atoms with van der Waals surface area (Å²) >= 11 is 3.35. The molecule has 0 aliphatic heterocycles. The molecular formula is C19H20BrN3O4. The van der Waals surface area contributed by atoms with Gasteiger partial charge in [-0.3, -0.25) is 9.59 Å². The first-order valence-electron chi connectivity index (χ1n) is 8.04. The van der Waals surface area contributed by atoms with Crippen molar-refractivity contribution in [2.24, 2.45) is 5.10 Å². The van der Waals surface area contributed by atoms with E-state index < -0.39 is 5.91 Å². The number of methoxy groups -OCH3 is 2. The van der Waals surface area contributed by atoms with E-state index in [1.807, 2.05) is 12.1 Å². The molecule has 0 saturated heterocycles. The number of halogens is 1. The molecule has 0 heterocycles. The van der Waals surface area contributed by atoms with Crippen LogP contribution in [-0.2, 0) is 4.79 Å². The lowest BCUT2D eigenvalue weighted by Gasteiger charge is -2.09. The maximum absolute atomic E-state index is 12.3. The van der Waals surface area contributed by atoms with Crippen LogP contribution in [0.25, 0.3) is 0 Å². The molecule has 0 saturated carbocycles. The first-order valence-corrected chi connectivity index (χ1v) is 8.83. The lowest BCUT2D eigenvalue weighted by Crippen LogP contribution is -2.22. The number of nitrogens with one attached hydrogen (secondary N) is 2. The van der Waals surface area contributed by atoms with Crippen LogP contribution in [0.1, 0.15) is 23.7 Å². The van der Waals surface area contributed by atoms with Gasteiger partial charge in [0.2, 0.25) is 5.91 Å². The average Bonchev–Trinajstić information content (AvgIpc) is 2.65. The highest BCUT2D eigenvalue weighted by molar-refractivity contribution is 9.10. The Hall–Kier alpha value is -2.87. The normalized spacial score (nSPS) is 10.9. The SMILES string of the molecule is COc1ccc(C(=O)NN=C(C)CC(=O)Nc2cccc(Br)c2)c(OC)c1. The Morgan fingerprint density at radius 3 is 2.56 bits per heavy atom. The number of carbonyl (C=O) groups excluding carboxylic acids is 2. The van der Waals surface area contributed by atoms with Crippen LogP contribution in [0, 0.1) is 0 Å². The van der Waals surface area contributed by atoms with E-state index in [0.717, 1.165) is 4.47 Å².